The lowest BCUT2D eigenvalue weighted by atomic mass is 9.98. The van der Waals surface area contributed by atoms with Crippen LogP contribution in [0.3, 0.4) is 0 Å². The van der Waals surface area contributed by atoms with E-state index in [1.807, 2.05) is 0 Å². The number of ether oxygens (including phenoxy) is 1. The molecule has 8 nitrogen and oxygen atoms in total. The summed E-state index contributed by atoms with van der Waals surface area (Å²) in [6, 6.07) is 16.8. The highest BCUT2D eigenvalue weighted by atomic mass is 79.9. The number of carbonyl (C=O) groups excluding carboxylic acids is 1. The molecule has 9 heteroatoms. The molecule has 0 bridgehead atoms. The van der Waals surface area contributed by atoms with Crippen LogP contribution in [0.4, 0.5) is 11.4 Å². The molecule has 1 unspecified atom stereocenters. The summed E-state index contributed by atoms with van der Waals surface area (Å²) in [5.74, 6) is -0.0896. The van der Waals surface area contributed by atoms with Crippen LogP contribution in [0.2, 0.25) is 0 Å². The van der Waals surface area contributed by atoms with Crippen LogP contribution in [-0.2, 0) is 0 Å². The average Bonchev–Trinajstić information content (AvgIpc) is 3.12. The Kier molecular flexibility index (Phi) is 4.98. The van der Waals surface area contributed by atoms with Gasteiger partial charge in [-0.15, -0.1) is 0 Å². The van der Waals surface area contributed by atoms with Crippen molar-refractivity contribution in [3.8, 4) is 5.75 Å². The molecule has 0 saturated carbocycles. The SMILES string of the molecule is COc1cccc(N2C(=O)c3oc4ccc(Br)cc4c(=O)c3C2c2cccc([N+](=O)[O-])c2)c1. The zero-order valence-electron chi connectivity index (χ0n) is 17.2. The molecule has 0 aliphatic carbocycles. The molecule has 1 aromatic heterocycles. The number of anilines is 1. The highest BCUT2D eigenvalue weighted by molar-refractivity contribution is 9.10. The van der Waals surface area contributed by atoms with E-state index >= 15 is 0 Å². The third kappa shape index (κ3) is 3.37. The van der Waals surface area contributed by atoms with Crippen LogP contribution in [0.1, 0.15) is 27.7 Å². The quantitative estimate of drug-likeness (QED) is 0.277. The molecule has 1 aliphatic rings. The summed E-state index contributed by atoms with van der Waals surface area (Å²) in [4.78, 5) is 39.5. The fourth-order valence-corrected chi connectivity index (χ4v) is 4.46. The molecule has 1 amide bonds. The number of non-ortho nitro benzene ring substituents is 1. The van der Waals surface area contributed by atoms with E-state index in [0.29, 0.717) is 26.9 Å². The number of halogens is 1. The highest BCUT2D eigenvalue weighted by Crippen LogP contribution is 2.42. The second-order valence-electron chi connectivity index (χ2n) is 7.45. The molecule has 5 rings (SSSR count). The van der Waals surface area contributed by atoms with Crippen molar-refractivity contribution < 1.29 is 18.9 Å². The third-order valence-electron chi connectivity index (χ3n) is 5.56. The molecular weight excluding hydrogens is 492 g/mol. The molecular formula is C24H15BrN2O6. The predicted molar refractivity (Wildman–Crippen MR) is 125 cm³/mol. The molecule has 4 aromatic rings. The van der Waals surface area contributed by atoms with Gasteiger partial charge in [-0.2, -0.15) is 0 Å². The van der Waals surface area contributed by atoms with Gasteiger partial charge in [0.1, 0.15) is 11.3 Å². The number of nitro benzene ring substituents is 1. The van der Waals surface area contributed by atoms with Crippen LogP contribution >= 0.6 is 15.9 Å². The van der Waals surface area contributed by atoms with Crippen LogP contribution in [0.5, 0.6) is 5.75 Å². The van der Waals surface area contributed by atoms with Gasteiger partial charge in [0.15, 0.2) is 5.43 Å². The molecule has 0 saturated heterocycles. The largest absolute Gasteiger partial charge is 0.497 e. The summed E-state index contributed by atoms with van der Waals surface area (Å²) in [5.41, 5.74) is 0.775. The van der Waals surface area contributed by atoms with Crippen molar-refractivity contribution in [1.82, 2.24) is 0 Å². The van der Waals surface area contributed by atoms with Crippen molar-refractivity contribution in [3.63, 3.8) is 0 Å². The number of nitrogens with zero attached hydrogens (tertiary/aromatic N) is 2. The fourth-order valence-electron chi connectivity index (χ4n) is 4.10. The monoisotopic (exact) mass is 506 g/mol. The number of rotatable bonds is 4. The number of methoxy groups -OCH3 is 1. The molecule has 1 aliphatic heterocycles. The Morgan fingerprint density at radius 1 is 1.06 bits per heavy atom. The number of benzene rings is 3. The van der Waals surface area contributed by atoms with E-state index in [2.05, 4.69) is 15.9 Å². The standard InChI is InChI=1S/C24H15BrN2O6/c1-32-17-7-3-5-15(12-17)26-21(13-4-2-6-16(10-13)27(30)31)20-22(28)18-11-14(25)8-9-19(18)33-23(20)24(26)29/h2-12,21H,1H3. The van der Waals surface area contributed by atoms with E-state index < -0.39 is 16.9 Å². The van der Waals surface area contributed by atoms with Gasteiger partial charge in [0, 0.05) is 28.4 Å². The summed E-state index contributed by atoms with van der Waals surface area (Å²) in [7, 11) is 1.51. The lowest BCUT2D eigenvalue weighted by molar-refractivity contribution is -0.384. The lowest BCUT2D eigenvalue weighted by Crippen LogP contribution is -2.29. The Hall–Kier alpha value is -3.98. The van der Waals surface area contributed by atoms with Gasteiger partial charge in [-0.25, -0.2) is 0 Å². The van der Waals surface area contributed by atoms with Crippen molar-refractivity contribution in [2.75, 3.05) is 12.0 Å². The van der Waals surface area contributed by atoms with Crippen molar-refractivity contribution in [3.05, 3.63) is 108 Å². The van der Waals surface area contributed by atoms with Crippen molar-refractivity contribution >= 4 is 44.2 Å². The lowest BCUT2D eigenvalue weighted by Gasteiger charge is -2.25. The molecule has 0 radical (unpaired) electrons. The van der Waals surface area contributed by atoms with E-state index in [1.54, 1.807) is 48.5 Å². The molecule has 3 aromatic carbocycles. The number of fused-ring (bicyclic) bond motifs is 2. The smallest absolute Gasteiger partial charge is 0.295 e. The Morgan fingerprint density at radius 3 is 2.61 bits per heavy atom. The van der Waals surface area contributed by atoms with E-state index in [9.17, 15) is 19.7 Å². The van der Waals surface area contributed by atoms with E-state index in [-0.39, 0.29) is 28.0 Å². The first-order valence-electron chi connectivity index (χ1n) is 9.87. The summed E-state index contributed by atoms with van der Waals surface area (Å²) in [5, 5.41) is 11.7. The zero-order valence-corrected chi connectivity index (χ0v) is 18.7. The first-order chi connectivity index (χ1) is 15.9. The van der Waals surface area contributed by atoms with E-state index in [0.717, 1.165) is 0 Å². The molecule has 0 fully saturated rings. The number of carbonyl (C=O) groups is 1. The minimum absolute atomic E-state index is 0.0888. The van der Waals surface area contributed by atoms with Crippen molar-refractivity contribution in [2.45, 2.75) is 6.04 Å². The van der Waals surface area contributed by atoms with Crippen LogP contribution in [0.15, 0.2) is 80.4 Å². The van der Waals surface area contributed by atoms with E-state index in [4.69, 9.17) is 9.15 Å². The minimum Gasteiger partial charge on any atom is -0.497 e. The normalized spacial score (nSPS) is 15.0. The van der Waals surface area contributed by atoms with Gasteiger partial charge in [0.2, 0.25) is 5.76 Å². The van der Waals surface area contributed by atoms with Gasteiger partial charge in [0.05, 0.1) is 29.0 Å². The topological polar surface area (TPSA) is 103 Å². The minimum atomic E-state index is -0.917. The van der Waals surface area contributed by atoms with Crippen LogP contribution in [0, 0.1) is 10.1 Å². The first kappa shape index (κ1) is 20.9. The van der Waals surface area contributed by atoms with Crippen LogP contribution in [-0.4, -0.2) is 17.9 Å². The van der Waals surface area contributed by atoms with Gasteiger partial charge < -0.3 is 9.15 Å². The van der Waals surface area contributed by atoms with Gasteiger partial charge in [0.25, 0.3) is 11.6 Å². The predicted octanol–water partition coefficient (Wildman–Crippen LogP) is 5.22. The fraction of sp³-hybridized carbons (Fsp3) is 0.0833. The molecule has 1 atom stereocenters. The molecule has 0 spiro atoms. The van der Waals surface area contributed by atoms with Gasteiger partial charge >= 0.3 is 0 Å². The number of hydrogen-bond donors (Lipinski definition) is 0. The number of nitro groups is 1. The number of hydrogen-bond acceptors (Lipinski definition) is 6. The van der Waals surface area contributed by atoms with Crippen LogP contribution < -0.4 is 15.1 Å². The molecule has 0 N–H and O–H groups in total. The Morgan fingerprint density at radius 2 is 1.85 bits per heavy atom. The maximum Gasteiger partial charge on any atom is 0.295 e. The Balaban J connectivity index is 1.82. The third-order valence-corrected chi connectivity index (χ3v) is 6.05. The van der Waals surface area contributed by atoms with Gasteiger partial charge in [-0.1, -0.05) is 34.1 Å². The van der Waals surface area contributed by atoms with Crippen LogP contribution in [0.25, 0.3) is 11.0 Å². The van der Waals surface area contributed by atoms with Crippen molar-refractivity contribution in [2.24, 2.45) is 0 Å². The zero-order chi connectivity index (χ0) is 23.3. The average molecular weight is 507 g/mol. The molecule has 33 heavy (non-hydrogen) atoms. The second-order valence-corrected chi connectivity index (χ2v) is 8.36. The van der Waals surface area contributed by atoms with Gasteiger partial charge in [-0.3, -0.25) is 24.6 Å². The second kappa shape index (κ2) is 7.86. The van der Waals surface area contributed by atoms with Gasteiger partial charge in [-0.05, 0) is 35.9 Å². The number of amides is 1. The Bertz CT molecular complexity index is 1510. The highest BCUT2D eigenvalue weighted by Gasteiger charge is 2.44. The van der Waals surface area contributed by atoms with E-state index in [1.165, 1.54) is 30.2 Å². The summed E-state index contributed by atoms with van der Waals surface area (Å²) in [6.45, 7) is 0. The molecule has 164 valence electrons. The first-order valence-corrected chi connectivity index (χ1v) is 10.7. The summed E-state index contributed by atoms with van der Waals surface area (Å²) < 4.78 is 11.9. The maximum absolute atomic E-state index is 13.6. The summed E-state index contributed by atoms with van der Waals surface area (Å²) >= 11 is 3.36. The Labute approximate surface area is 195 Å². The summed E-state index contributed by atoms with van der Waals surface area (Å²) in [6.07, 6.45) is 0. The van der Waals surface area contributed by atoms with Crippen molar-refractivity contribution in [1.29, 1.82) is 0 Å². The molecule has 2 heterocycles. The maximum atomic E-state index is 13.6.